The number of halogens is 5. The van der Waals surface area contributed by atoms with Gasteiger partial charge in [0.05, 0.1) is 5.56 Å². The first-order chi connectivity index (χ1) is 9.86. The van der Waals surface area contributed by atoms with E-state index in [1.165, 1.54) is 30.3 Å². The fourth-order valence-electron chi connectivity index (χ4n) is 1.83. The van der Waals surface area contributed by atoms with Crippen LogP contribution in [0.3, 0.4) is 0 Å². The second kappa shape index (κ2) is 6.45. The summed E-state index contributed by atoms with van der Waals surface area (Å²) in [5, 5.41) is 3.45. The Hall–Kier alpha value is -1.59. The molecule has 0 aliphatic rings. The Morgan fingerprint density at radius 1 is 0.952 bits per heavy atom. The highest BCUT2D eigenvalue weighted by Crippen LogP contribution is 2.29. The molecule has 0 aliphatic carbocycles. The Morgan fingerprint density at radius 2 is 1.62 bits per heavy atom. The van der Waals surface area contributed by atoms with Crippen LogP contribution in [0.2, 0.25) is 5.02 Å². The molecule has 0 atom stereocenters. The largest absolute Gasteiger partial charge is 0.416 e. The predicted molar refractivity (Wildman–Crippen MR) is 73.4 cm³/mol. The van der Waals surface area contributed by atoms with Crippen LogP contribution in [-0.4, -0.2) is 0 Å². The van der Waals surface area contributed by atoms with Crippen molar-refractivity contribution in [1.82, 2.24) is 5.32 Å². The molecule has 0 aliphatic heterocycles. The molecule has 2 rings (SSSR count). The van der Waals surface area contributed by atoms with Crippen LogP contribution >= 0.6 is 11.6 Å². The van der Waals surface area contributed by atoms with Crippen LogP contribution in [0.1, 0.15) is 16.7 Å². The van der Waals surface area contributed by atoms with Gasteiger partial charge in [0.15, 0.2) is 0 Å². The van der Waals surface area contributed by atoms with Crippen molar-refractivity contribution in [3.8, 4) is 0 Å². The van der Waals surface area contributed by atoms with Crippen molar-refractivity contribution in [2.24, 2.45) is 0 Å². The van der Waals surface area contributed by atoms with E-state index in [4.69, 9.17) is 11.6 Å². The zero-order valence-electron chi connectivity index (χ0n) is 10.8. The number of nitrogens with one attached hydrogen (secondary N) is 1. The molecule has 0 unspecified atom stereocenters. The Labute approximate surface area is 124 Å². The van der Waals surface area contributed by atoms with E-state index in [2.05, 4.69) is 5.32 Å². The standard InChI is InChI=1S/C15H12ClF4N/c16-14-6-5-13(17)7-11(14)9-21-8-10-1-3-12(4-2-10)15(18,19)20/h1-7,21H,8-9H2. The van der Waals surface area contributed by atoms with Crippen LogP contribution < -0.4 is 5.32 Å². The van der Waals surface area contributed by atoms with Gasteiger partial charge in [-0.05, 0) is 41.5 Å². The zero-order chi connectivity index (χ0) is 15.5. The van der Waals surface area contributed by atoms with Gasteiger partial charge in [0.1, 0.15) is 5.82 Å². The van der Waals surface area contributed by atoms with E-state index < -0.39 is 11.7 Å². The van der Waals surface area contributed by atoms with Crippen molar-refractivity contribution < 1.29 is 17.6 Å². The van der Waals surface area contributed by atoms with Gasteiger partial charge in [-0.15, -0.1) is 0 Å². The van der Waals surface area contributed by atoms with E-state index in [1.807, 2.05) is 0 Å². The second-order valence-electron chi connectivity index (χ2n) is 4.53. The lowest BCUT2D eigenvalue weighted by atomic mass is 10.1. The van der Waals surface area contributed by atoms with Crippen molar-refractivity contribution in [2.45, 2.75) is 19.3 Å². The van der Waals surface area contributed by atoms with Crippen LogP contribution in [0.15, 0.2) is 42.5 Å². The number of hydrogen-bond acceptors (Lipinski definition) is 1. The molecule has 1 N–H and O–H groups in total. The van der Waals surface area contributed by atoms with Crippen LogP contribution in [0.4, 0.5) is 17.6 Å². The molecule has 0 heterocycles. The van der Waals surface area contributed by atoms with Gasteiger partial charge in [0, 0.05) is 18.1 Å². The minimum absolute atomic E-state index is 0.331. The maximum atomic E-state index is 13.1. The number of hydrogen-bond donors (Lipinski definition) is 1. The summed E-state index contributed by atoms with van der Waals surface area (Å²) in [6.07, 6.45) is -4.33. The molecule has 0 fully saturated rings. The molecule has 2 aromatic carbocycles. The Balaban J connectivity index is 1.93. The SMILES string of the molecule is Fc1ccc(Cl)c(CNCc2ccc(C(F)(F)F)cc2)c1. The fourth-order valence-corrected chi connectivity index (χ4v) is 2.02. The minimum atomic E-state index is -4.33. The summed E-state index contributed by atoms with van der Waals surface area (Å²) in [4.78, 5) is 0. The highest BCUT2D eigenvalue weighted by molar-refractivity contribution is 6.31. The Morgan fingerprint density at radius 3 is 2.24 bits per heavy atom. The zero-order valence-corrected chi connectivity index (χ0v) is 11.6. The summed E-state index contributed by atoms with van der Waals surface area (Å²) >= 11 is 5.92. The first kappa shape index (κ1) is 15.8. The van der Waals surface area contributed by atoms with Gasteiger partial charge in [0.2, 0.25) is 0 Å². The fraction of sp³-hybridized carbons (Fsp3) is 0.200. The van der Waals surface area contributed by atoms with Crippen LogP contribution in [0.5, 0.6) is 0 Å². The van der Waals surface area contributed by atoms with Crippen molar-refractivity contribution in [2.75, 3.05) is 0 Å². The lowest BCUT2D eigenvalue weighted by Crippen LogP contribution is -2.13. The maximum absolute atomic E-state index is 13.1. The van der Waals surface area contributed by atoms with E-state index in [-0.39, 0.29) is 5.82 Å². The number of benzene rings is 2. The van der Waals surface area contributed by atoms with Gasteiger partial charge in [0.25, 0.3) is 0 Å². The van der Waals surface area contributed by atoms with Crippen molar-refractivity contribution in [1.29, 1.82) is 0 Å². The number of rotatable bonds is 4. The molecular formula is C15H12ClF4N. The molecule has 0 spiro atoms. The quantitative estimate of drug-likeness (QED) is 0.800. The molecule has 0 bridgehead atoms. The summed E-state index contributed by atoms with van der Waals surface area (Å²) < 4.78 is 50.3. The molecule has 0 amide bonds. The van der Waals surface area contributed by atoms with Crippen molar-refractivity contribution >= 4 is 11.6 Å². The summed E-state index contributed by atoms with van der Waals surface area (Å²) in [5.74, 6) is -0.384. The molecule has 0 saturated heterocycles. The summed E-state index contributed by atoms with van der Waals surface area (Å²) in [7, 11) is 0. The summed E-state index contributed by atoms with van der Waals surface area (Å²) in [6.45, 7) is 0.697. The molecule has 0 saturated carbocycles. The van der Waals surface area contributed by atoms with Crippen LogP contribution in [-0.2, 0) is 19.3 Å². The molecule has 2 aromatic rings. The van der Waals surface area contributed by atoms with Gasteiger partial charge >= 0.3 is 6.18 Å². The van der Waals surface area contributed by atoms with Crippen LogP contribution in [0, 0.1) is 5.82 Å². The Kier molecular flexibility index (Phi) is 4.85. The third-order valence-corrected chi connectivity index (χ3v) is 3.30. The minimum Gasteiger partial charge on any atom is -0.309 e. The molecule has 0 radical (unpaired) electrons. The predicted octanol–water partition coefficient (Wildman–Crippen LogP) is 4.79. The normalized spacial score (nSPS) is 11.7. The van der Waals surface area contributed by atoms with Crippen LogP contribution in [0.25, 0.3) is 0 Å². The smallest absolute Gasteiger partial charge is 0.309 e. The first-order valence-electron chi connectivity index (χ1n) is 6.17. The molecule has 21 heavy (non-hydrogen) atoms. The highest BCUT2D eigenvalue weighted by atomic mass is 35.5. The summed E-state index contributed by atoms with van der Waals surface area (Å²) in [6, 6.07) is 8.93. The van der Waals surface area contributed by atoms with E-state index >= 15 is 0 Å². The van der Waals surface area contributed by atoms with Gasteiger partial charge < -0.3 is 5.32 Å². The lowest BCUT2D eigenvalue weighted by molar-refractivity contribution is -0.137. The van der Waals surface area contributed by atoms with Gasteiger partial charge in [-0.2, -0.15) is 13.2 Å². The third-order valence-electron chi connectivity index (χ3n) is 2.93. The van der Waals surface area contributed by atoms with Gasteiger partial charge in [-0.3, -0.25) is 0 Å². The molecular weight excluding hydrogens is 306 g/mol. The average Bonchev–Trinajstić information content (AvgIpc) is 2.42. The van der Waals surface area contributed by atoms with Gasteiger partial charge in [-0.25, -0.2) is 4.39 Å². The van der Waals surface area contributed by atoms with Gasteiger partial charge in [-0.1, -0.05) is 23.7 Å². The average molecular weight is 318 g/mol. The monoisotopic (exact) mass is 317 g/mol. The highest BCUT2D eigenvalue weighted by Gasteiger charge is 2.29. The molecule has 0 aromatic heterocycles. The maximum Gasteiger partial charge on any atom is 0.416 e. The molecule has 112 valence electrons. The van der Waals surface area contributed by atoms with E-state index in [1.54, 1.807) is 0 Å². The number of alkyl halides is 3. The second-order valence-corrected chi connectivity index (χ2v) is 4.94. The van der Waals surface area contributed by atoms with Crippen molar-refractivity contribution in [3.05, 3.63) is 70.0 Å². The first-order valence-corrected chi connectivity index (χ1v) is 6.55. The molecule has 6 heteroatoms. The van der Waals surface area contributed by atoms with E-state index in [9.17, 15) is 17.6 Å². The third kappa shape index (κ3) is 4.44. The van der Waals surface area contributed by atoms with E-state index in [0.717, 1.165) is 12.1 Å². The Bertz CT molecular complexity index is 608. The lowest BCUT2D eigenvalue weighted by Gasteiger charge is -2.09. The van der Waals surface area contributed by atoms with Crippen molar-refractivity contribution in [3.63, 3.8) is 0 Å². The topological polar surface area (TPSA) is 12.0 Å². The molecule has 1 nitrogen and oxygen atoms in total. The van der Waals surface area contributed by atoms with E-state index in [0.29, 0.717) is 29.2 Å². The summed E-state index contributed by atoms with van der Waals surface area (Å²) in [5.41, 5.74) is 0.624.